The maximum atomic E-state index is 6.22. The van der Waals surface area contributed by atoms with Crippen LogP contribution in [0.2, 0.25) is 0 Å². The first-order valence-electron chi connectivity index (χ1n) is 13.3. The molecule has 5 aromatic heterocycles. The Kier molecular flexibility index (Phi) is 5.90. The molecule has 2 aliphatic rings. The van der Waals surface area contributed by atoms with Crippen LogP contribution in [0.25, 0.3) is 44.5 Å². The Labute approximate surface area is 220 Å². The van der Waals surface area contributed by atoms with Crippen molar-refractivity contribution in [2.75, 3.05) is 51.2 Å². The van der Waals surface area contributed by atoms with E-state index in [4.69, 9.17) is 9.72 Å². The molecule has 7 rings (SSSR count). The lowest BCUT2D eigenvalue weighted by atomic mass is 10.1. The number of hydrogen-bond acceptors (Lipinski definition) is 8. The van der Waals surface area contributed by atoms with Crippen LogP contribution in [-0.2, 0) is 0 Å². The van der Waals surface area contributed by atoms with Crippen molar-refractivity contribution in [3.05, 3.63) is 49.1 Å². The van der Waals surface area contributed by atoms with Gasteiger partial charge in [0.1, 0.15) is 17.7 Å². The minimum absolute atomic E-state index is 0.224. The Morgan fingerprint density at radius 1 is 0.921 bits per heavy atom. The quantitative estimate of drug-likeness (QED) is 0.330. The van der Waals surface area contributed by atoms with Gasteiger partial charge in [-0.15, -0.1) is 0 Å². The average Bonchev–Trinajstić information content (AvgIpc) is 3.58. The summed E-state index contributed by atoms with van der Waals surface area (Å²) in [6.45, 7) is 5.99. The lowest BCUT2D eigenvalue weighted by Crippen LogP contribution is -2.44. The number of piperidine rings is 1. The topological polar surface area (TPSA) is 111 Å². The molecule has 38 heavy (non-hydrogen) atoms. The second-order valence-corrected chi connectivity index (χ2v) is 10.2. The molecule has 2 fully saturated rings. The molecule has 7 heterocycles. The number of rotatable bonds is 5. The van der Waals surface area contributed by atoms with Crippen LogP contribution in [0.3, 0.4) is 0 Å². The molecule has 0 bridgehead atoms. The molecule has 0 atom stereocenters. The first kappa shape index (κ1) is 23.1. The number of hydrogen-bond donors (Lipinski definition) is 3. The van der Waals surface area contributed by atoms with Gasteiger partial charge in [-0.2, -0.15) is 5.10 Å². The van der Waals surface area contributed by atoms with Gasteiger partial charge in [0.2, 0.25) is 0 Å². The molecule has 2 saturated heterocycles. The molecule has 0 aromatic carbocycles. The molecule has 0 amide bonds. The first-order chi connectivity index (χ1) is 18.7. The second kappa shape index (κ2) is 9.70. The van der Waals surface area contributed by atoms with Crippen molar-refractivity contribution in [2.24, 2.45) is 0 Å². The van der Waals surface area contributed by atoms with Gasteiger partial charge in [0.15, 0.2) is 5.65 Å². The normalized spacial score (nSPS) is 17.4. The number of pyridine rings is 3. The fourth-order valence-corrected chi connectivity index (χ4v) is 5.45. The molecule has 0 saturated carbocycles. The summed E-state index contributed by atoms with van der Waals surface area (Å²) in [6, 6.07) is 8.37. The van der Waals surface area contributed by atoms with Crippen molar-refractivity contribution in [3.63, 3.8) is 0 Å². The number of likely N-dealkylation sites (N-methyl/N-ethyl adjacent to an activating group) is 1. The van der Waals surface area contributed by atoms with Crippen LogP contribution < -0.4 is 15.0 Å². The number of H-pyrrole nitrogens is 2. The number of aromatic nitrogens is 6. The van der Waals surface area contributed by atoms with Gasteiger partial charge in [-0.1, -0.05) is 0 Å². The molecule has 10 heteroatoms. The lowest BCUT2D eigenvalue weighted by Gasteiger charge is -2.33. The van der Waals surface area contributed by atoms with Crippen molar-refractivity contribution < 1.29 is 4.74 Å². The van der Waals surface area contributed by atoms with Crippen molar-refractivity contribution in [1.29, 1.82) is 0 Å². The maximum absolute atomic E-state index is 6.22. The molecule has 2 aliphatic heterocycles. The van der Waals surface area contributed by atoms with Crippen molar-refractivity contribution in [3.8, 4) is 28.3 Å². The van der Waals surface area contributed by atoms with Crippen LogP contribution in [0.5, 0.6) is 5.75 Å². The maximum Gasteiger partial charge on any atom is 0.181 e. The highest BCUT2D eigenvalue weighted by Gasteiger charge is 2.20. The van der Waals surface area contributed by atoms with Gasteiger partial charge in [0.25, 0.3) is 0 Å². The third-order valence-electron chi connectivity index (χ3n) is 7.64. The van der Waals surface area contributed by atoms with E-state index in [9.17, 15) is 0 Å². The largest absolute Gasteiger partial charge is 0.489 e. The van der Waals surface area contributed by atoms with Gasteiger partial charge in [0, 0.05) is 66.7 Å². The van der Waals surface area contributed by atoms with Crippen molar-refractivity contribution in [1.82, 2.24) is 40.3 Å². The van der Waals surface area contributed by atoms with E-state index in [1.54, 1.807) is 6.20 Å². The summed E-state index contributed by atoms with van der Waals surface area (Å²) in [5.41, 5.74) is 5.55. The summed E-state index contributed by atoms with van der Waals surface area (Å²) >= 11 is 0. The van der Waals surface area contributed by atoms with Gasteiger partial charge < -0.3 is 24.8 Å². The Hall–Kier alpha value is -4.02. The third kappa shape index (κ3) is 4.35. The van der Waals surface area contributed by atoms with E-state index >= 15 is 0 Å². The number of nitrogens with one attached hydrogen (secondary N) is 3. The fourth-order valence-electron chi connectivity index (χ4n) is 5.45. The van der Waals surface area contributed by atoms with E-state index in [0.717, 1.165) is 102 Å². The van der Waals surface area contributed by atoms with E-state index in [-0.39, 0.29) is 6.10 Å². The Balaban J connectivity index is 1.22. The van der Waals surface area contributed by atoms with E-state index < -0.39 is 0 Å². The van der Waals surface area contributed by atoms with Gasteiger partial charge in [0.05, 0.1) is 23.1 Å². The molecule has 0 radical (unpaired) electrons. The highest BCUT2D eigenvalue weighted by atomic mass is 16.5. The van der Waals surface area contributed by atoms with Crippen LogP contribution in [0.4, 0.5) is 5.82 Å². The standard InChI is InChI=1S/C28H31N9O/c1-36-8-10-37(11-9-36)28-22-14-25(33-24(22)4-7-31-28)26-23-13-19(16-32-27(23)35-34-26)18-12-21(17-30-15-18)38-20-2-5-29-6-3-20/h4,7,12-17,20,29,33H,2-3,5-6,8-11H2,1H3,(H,32,34,35). The minimum atomic E-state index is 0.224. The summed E-state index contributed by atoms with van der Waals surface area (Å²) in [4.78, 5) is 22.1. The number of piperazine rings is 1. The first-order valence-corrected chi connectivity index (χ1v) is 13.3. The van der Waals surface area contributed by atoms with Gasteiger partial charge in [-0.3, -0.25) is 10.1 Å². The summed E-state index contributed by atoms with van der Waals surface area (Å²) in [6.07, 6.45) is 9.61. The fraction of sp³-hybridized carbons (Fsp3) is 0.357. The zero-order valence-electron chi connectivity index (χ0n) is 21.4. The van der Waals surface area contributed by atoms with Crippen LogP contribution in [0.1, 0.15) is 12.8 Å². The predicted octanol–water partition coefficient (Wildman–Crippen LogP) is 3.45. The number of aromatic amines is 2. The molecule has 10 nitrogen and oxygen atoms in total. The molecule has 0 unspecified atom stereocenters. The molecule has 3 N–H and O–H groups in total. The predicted molar refractivity (Wildman–Crippen MR) is 148 cm³/mol. The zero-order valence-corrected chi connectivity index (χ0v) is 21.4. The molecule has 194 valence electrons. The van der Waals surface area contributed by atoms with Crippen LogP contribution in [0, 0.1) is 0 Å². The highest BCUT2D eigenvalue weighted by Crippen LogP contribution is 2.34. The van der Waals surface area contributed by atoms with E-state index in [2.05, 4.69) is 65.5 Å². The third-order valence-corrected chi connectivity index (χ3v) is 7.64. The summed E-state index contributed by atoms with van der Waals surface area (Å²) < 4.78 is 6.22. The number of nitrogens with zero attached hydrogens (tertiary/aromatic N) is 6. The van der Waals surface area contributed by atoms with Gasteiger partial charge in [-0.25, -0.2) is 9.97 Å². The Morgan fingerprint density at radius 2 is 1.76 bits per heavy atom. The lowest BCUT2D eigenvalue weighted by molar-refractivity contribution is 0.162. The number of fused-ring (bicyclic) bond motifs is 2. The minimum Gasteiger partial charge on any atom is -0.489 e. The van der Waals surface area contributed by atoms with E-state index in [0.29, 0.717) is 5.65 Å². The number of ether oxygens (including phenoxy) is 1. The zero-order chi connectivity index (χ0) is 25.5. The van der Waals surface area contributed by atoms with Gasteiger partial charge >= 0.3 is 0 Å². The van der Waals surface area contributed by atoms with Crippen LogP contribution >= 0.6 is 0 Å². The molecule has 0 spiro atoms. The Bertz CT molecular complexity index is 1580. The average molecular weight is 510 g/mol. The van der Waals surface area contributed by atoms with Crippen molar-refractivity contribution in [2.45, 2.75) is 18.9 Å². The van der Waals surface area contributed by atoms with Crippen LogP contribution in [-0.4, -0.2) is 87.5 Å². The monoisotopic (exact) mass is 509 g/mol. The Morgan fingerprint density at radius 3 is 2.63 bits per heavy atom. The van der Waals surface area contributed by atoms with Gasteiger partial charge in [-0.05, 0) is 57.2 Å². The van der Waals surface area contributed by atoms with Crippen LogP contribution in [0.15, 0.2) is 49.1 Å². The second-order valence-electron chi connectivity index (χ2n) is 10.2. The van der Waals surface area contributed by atoms with E-state index in [1.165, 1.54) is 0 Å². The summed E-state index contributed by atoms with van der Waals surface area (Å²) in [5.74, 6) is 1.82. The summed E-state index contributed by atoms with van der Waals surface area (Å²) in [7, 11) is 2.17. The highest BCUT2D eigenvalue weighted by molar-refractivity contribution is 5.99. The molecule has 0 aliphatic carbocycles. The molecule has 5 aromatic rings. The SMILES string of the molecule is CN1CCN(c2nccc3[nH]c(-c4[nH]nc5ncc(-c6cncc(OC7CCNCC7)c6)cc45)cc23)CC1. The molecular formula is C28H31N9O. The number of anilines is 1. The van der Waals surface area contributed by atoms with E-state index in [1.807, 2.05) is 24.7 Å². The smallest absolute Gasteiger partial charge is 0.181 e. The summed E-state index contributed by atoms with van der Waals surface area (Å²) in [5, 5.41) is 13.1. The van der Waals surface area contributed by atoms with Crippen molar-refractivity contribution >= 4 is 27.8 Å². The molecular weight excluding hydrogens is 478 g/mol.